The maximum Gasteiger partial charge on any atom is 0.454 e. The Kier molecular flexibility index (Phi) is 1.63. The average Bonchev–Trinajstić information content (AvgIpc) is 1.31. The van der Waals surface area contributed by atoms with Crippen LogP contribution in [0, 0.1) is 5.76 Å². The highest BCUT2D eigenvalue weighted by Crippen LogP contribution is 2.13. The monoisotopic (exact) mass is 133 g/mol. The largest absolute Gasteiger partial charge is 0.454 e. The summed E-state index contributed by atoms with van der Waals surface area (Å²) in [6.45, 7) is 0. The standard InChI is InChI=1S/CF3O2S/c2-1(3)7(4,5)6. The summed E-state index contributed by atoms with van der Waals surface area (Å²) in [5.41, 5.74) is 0. The second-order valence-corrected chi connectivity index (χ2v) is 1.85. The molecule has 0 heterocycles. The Morgan fingerprint density at radius 2 is 1.43 bits per heavy atom. The molecule has 0 unspecified atom stereocenters. The molecule has 0 aromatic heterocycles. The van der Waals surface area contributed by atoms with E-state index in [4.69, 9.17) is 8.42 Å². The third kappa shape index (κ3) is 2.44. The lowest BCUT2D eigenvalue weighted by atomic mass is 11.7. The van der Waals surface area contributed by atoms with Gasteiger partial charge in [0.05, 0.1) is 0 Å². The summed E-state index contributed by atoms with van der Waals surface area (Å²) >= 11 is 0. The smallest absolute Gasteiger partial charge is 0.188 e. The van der Waals surface area contributed by atoms with E-state index < -0.39 is 16.0 Å². The number of rotatable bonds is 1. The fourth-order valence-electron chi connectivity index (χ4n) is 0. The average molecular weight is 133 g/mol. The van der Waals surface area contributed by atoms with Crippen LogP contribution in [0.5, 0.6) is 0 Å². The zero-order chi connectivity index (χ0) is 6.08. The van der Waals surface area contributed by atoms with Gasteiger partial charge in [-0.15, -0.1) is 0 Å². The van der Waals surface area contributed by atoms with Gasteiger partial charge in [-0.3, -0.25) is 0 Å². The van der Waals surface area contributed by atoms with E-state index in [-0.39, 0.29) is 0 Å². The molecule has 0 saturated heterocycles. The van der Waals surface area contributed by atoms with Crippen molar-refractivity contribution in [1.29, 1.82) is 0 Å². The van der Waals surface area contributed by atoms with Crippen molar-refractivity contribution in [3.05, 3.63) is 5.76 Å². The Morgan fingerprint density at radius 3 is 1.43 bits per heavy atom. The van der Waals surface area contributed by atoms with E-state index in [0.29, 0.717) is 0 Å². The third-order valence-corrected chi connectivity index (χ3v) is 0.553. The minimum atomic E-state index is -5.66. The van der Waals surface area contributed by atoms with Gasteiger partial charge in [0, 0.05) is 0 Å². The summed E-state index contributed by atoms with van der Waals surface area (Å²) in [5.74, 6) is -3.20. The minimum Gasteiger partial charge on any atom is -0.188 e. The topological polar surface area (TPSA) is 34.1 Å². The first-order chi connectivity index (χ1) is 2.94. The van der Waals surface area contributed by atoms with Crippen molar-refractivity contribution in [2.75, 3.05) is 0 Å². The normalized spacial score (nSPS) is 12.6. The zero-order valence-electron chi connectivity index (χ0n) is 2.86. The van der Waals surface area contributed by atoms with Crippen LogP contribution < -0.4 is 0 Å². The van der Waals surface area contributed by atoms with Crippen LogP contribution in [0.25, 0.3) is 0 Å². The molecule has 0 aliphatic rings. The predicted octanol–water partition coefficient (Wildman–Crippen LogP) is 0.672. The fourth-order valence-corrected chi connectivity index (χ4v) is 0. The summed E-state index contributed by atoms with van der Waals surface area (Å²) in [6, 6.07) is 0. The van der Waals surface area contributed by atoms with Crippen molar-refractivity contribution in [3.8, 4) is 0 Å². The first-order valence-corrected chi connectivity index (χ1v) is 2.45. The Hall–Kier alpha value is -0.260. The predicted molar refractivity (Wildman–Crippen MR) is 15.5 cm³/mol. The van der Waals surface area contributed by atoms with Gasteiger partial charge in [-0.1, -0.05) is 3.89 Å². The third-order valence-electron chi connectivity index (χ3n) is 0.184. The van der Waals surface area contributed by atoms with Crippen molar-refractivity contribution >= 4 is 10.2 Å². The van der Waals surface area contributed by atoms with Crippen LogP contribution in [-0.4, -0.2) is 8.42 Å². The van der Waals surface area contributed by atoms with Crippen LogP contribution in [0.4, 0.5) is 12.7 Å². The van der Waals surface area contributed by atoms with Gasteiger partial charge in [0.15, 0.2) is 0 Å². The molecule has 0 spiro atoms. The Bertz CT molecular complexity index is 135. The van der Waals surface area contributed by atoms with Gasteiger partial charge in [-0.2, -0.15) is 17.2 Å². The van der Waals surface area contributed by atoms with Crippen LogP contribution in [0.3, 0.4) is 0 Å². The van der Waals surface area contributed by atoms with Gasteiger partial charge in [0.2, 0.25) is 0 Å². The highest BCUT2D eigenvalue weighted by atomic mass is 32.3. The molecule has 0 amide bonds. The molecule has 0 bridgehead atoms. The van der Waals surface area contributed by atoms with E-state index in [1.807, 2.05) is 0 Å². The second kappa shape index (κ2) is 1.69. The highest BCUT2D eigenvalue weighted by Gasteiger charge is 2.25. The molecule has 6 heteroatoms. The maximum atomic E-state index is 10.7. The lowest BCUT2D eigenvalue weighted by Crippen LogP contribution is -1.92. The summed E-state index contributed by atoms with van der Waals surface area (Å²) in [6.07, 6.45) is 0. The van der Waals surface area contributed by atoms with E-state index in [1.54, 1.807) is 0 Å². The molecule has 0 saturated carbocycles. The summed E-state index contributed by atoms with van der Waals surface area (Å²) in [4.78, 5) is 0. The van der Waals surface area contributed by atoms with E-state index in [9.17, 15) is 12.7 Å². The number of halogens is 3. The van der Waals surface area contributed by atoms with Crippen molar-refractivity contribution in [2.24, 2.45) is 0 Å². The molecule has 0 atom stereocenters. The Morgan fingerprint density at radius 1 is 1.29 bits per heavy atom. The summed E-state index contributed by atoms with van der Waals surface area (Å²) in [7, 11) is -5.66. The molecule has 1 radical (unpaired) electrons. The first kappa shape index (κ1) is 6.74. The van der Waals surface area contributed by atoms with Gasteiger partial charge in [-0.25, -0.2) is 0 Å². The summed E-state index contributed by atoms with van der Waals surface area (Å²) < 4.78 is 49.4. The molecule has 7 heavy (non-hydrogen) atoms. The Labute approximate surface area is 38.2 Å². The van der Waals surface area contributed by atoms with Crippen molar-refractivity contribution < 1.29 is 21.1 Å². The van der Waals surface area contributed by atoms with Crippen LogP contribution in [0.15, 0.2) is 0 Å². The molecule has 0 aromatic rings. The van der Waals surface area contributed by atoms with Crippen LogP contribution >= 0.6 is 0 Å². The van der Waals surface area contributed by atoms with Crippen molar-refractivity contribution in [2.45, 2.75) is 0 Å². The highest BCUT2D eigenvalue weighted by molar-refractivity contribution is 7.88. The van der Waals surface area contributed by atoms with E-state index in [2.05, 4.69) is 0 Å². The number of hydrogen-bond donors (Lipinski definition) is 0. The van der Waals surface area contributed by atoms with E-state index in [0.717, 1.165) is 0 Å². The molecule has 0 N–H and O–H groups in total. The Balaban J connectivity index is 4.10. The van der Waals surface area contributed by atoms with Gasteiger partial charge in [-0.05, 0) is 0 Å². The lowest BCUT2D eigenvalue weighted by molar-refractivity contribution is 0.342. The molecule has 0 fully saturated rings. The quantitative estimate of drug-likeness (QED) is 0.492. The molecule has 43 valence electrons. The lowest BCUT2D eigenvalue weighted by Gasteiger charge is -1.80. The number of hydrogen-bond acceptors (Lipinski definition) is 2. The van der Waals surface area contributed by atoms with Gasteiger partial charge < -0.3 is 0 Å². The van der Waals surface area contributed by atoms with Crippen LogP contribution in [0.2, 0.25) is 0 Å². The fraction of sp³-hybridized carbons (Fsp3) is 0. The molecular formula is CF3O2S. The SMILES string of the molecule is O=S(=O)(F)[C](F)F. The minimum absolute atomic E-state index is 3.20. The molecule has 0 rings (SSSR count). The van der Waals surface area contributed by atoms with Gasteiger partial charge >= 0.3 is 16.0 Å². The zero-order valence-corrected chi connectivity index (χ0v) is 3.68. The molecule has 0 aliphatic heterocycles. The van der Waals surface area contributed by atoms with Crippen LogP contribution in [-0.2, 0) is 10.2 Å². The van der Waals surface area contributed by atoms with Gasteiger partial charge in [0.25, 0.3) is 0 Å². The van der Waals surface area contributed by atoms with Gasteiger partial charge in [0.1, 0.15) is 0 Å². The maximum absolute atomic E-state index is 10.7. The first-order valence-electron chi connectivity index (χ1n) is 1.07. The summed E-state index contributed by atoms with van der Waals surface area (Å²) in [5, 5.41) is 0. The van der Waals surface area contributed by atoms with E-state index >= 15 is 0 Å². The molecular weight excluding hydrogens is 133 g/mol. The van der Waals surface area contributed by atoms with Crippen molar-refractivity contribution in [1.82, 2.24) is 0 Å². The molecule has 2 nitrogen and oxygen atoms in total. The van der Waals surface area contributed by atoms with Crippen LogP contribution in [0.1, 0.15) is 0 Å². The van der Waals surface area contributed by atoms with E-state index in [1.165, 1.54) is 0 Å². The second-order valence-electron chi connectivity index (χ2n) is 0.664. The van der Waals surface area contributed by atoms with Crippen molar-refractivity contribution in [3.63, 3.8) is 0 Å². The molecule has 0 aliphatic carbocycles. The molecule has 0 aromatic carbocycles.